The summed E-state index contributed by atoms with van der Waals surface area (Å²) < 4.78 is 1.22. The van der Waals surface area contributed by atoms with Crippen LogP contribution in [0.2, 0.25) is 0 Å². The van der Waals surface area contributed by atoms with E-state index >= 15 is 0 Å². The number of anilines is 2. The van der Waals surface area contributed by atoms with Gasteiger partial charge in [0.15, 0.2) is 0 Å². The minimum Gasteiger partial charge on any atom is -0.308 e. The lowest BCUT2D eigenvalue weighted by molar-refractivity contribution is 0.262. The van der Waals surface area contributed by atoms with Gasteiger partial charge in [0.1, 0.15) is 11.5 Å². The molecule has 0 spiro atoms. The zero-order chi connectivity index (χ0) is 18.0. The molecule has 0 radical (unpaired) electrons. The van der Waals surface area contributed by atoms with Gasteiger partial charge in [0.05, 0.1) is 5.69 Å². The zero-order valence-corrected chi connectivity index (χ0v) is 14.9. The quantitative estimate of drug-likeness (QED) is 0.622. The van der Waals surface area contributed by atoms with Crippen molar-refractivity contribution >= 4 is 34.9 Å². The second-order valence-corrected chi connectivity index (χ2v) is 6.23. The molecule has 3 aromatic rings. The number of aryl methyl sites for hydroxylation is 2. The predicted octanol–water partition coefficient (Wildman–Crippen LogP) is 2.65. The zero-order valence-electron chi connectivity index (χ0n) is 14.1. The number of H-pyrrole nitrogens is 1. The molecule has 3 rings (SSSR count). The van der Waals surface area contributed by atoms with Gasteiger partial charge in [-0.05, 0) is 37.8 Å². The summed E-state index contributed by atoms with van der Waals surface area (Å²) >= 11 is 1.58. The highest BCUT2D eigenvalue weighted by atomic mass is 32.2. The highest BCUT2D eigenvalue weighted by Crippen LogP contribution is 2.19. The lowest BCUT2D eigenvalue weighted by Crippen LogP contribution is -2.28. The smallest absolute Gasteiger partial charge is 0.308 e. The van der Waals surface area contributed by atoms with Gasteiger partial charge in [0.2, 0.25) is 0 Å². The number of urea groups is 1. The number of aromatic amines is 1. The van der Waals surface area contributed by atoms with Crippen molar-refractivity contribution in [2.45, 2.75) is 25.2 Å². The van der Waals surface area contributed by atoms with Crippen molar-refractivity contribution in [2.24, 2.45) is 0 Å². The van der Waals surface area contributed by atoms with Crippen molar-refractivity contribution in [3.63, 3.8) is 0 Å². The van der Waals surface area contributed by atoms with Crippen LogP contribution >= 0.6 is 11.8 Å². The lowest BCUT2D eigenvalue weighted by atomic mass is 10.2. The number of benzene rings is 1. The number of nitrogens with zero attached hydrogens (tertiary/aromatic N) is 3. The number of rotatable bonds is 4. The normalized spacial score (nSPS) is 10.8. The maximum atomic E-state index is 12.6. The van der Waals surface area contributed by atoms with E-state index in [9.17, 15) is 9.59 Å². The summed E-state index contributed by atoms with van der Waals surface area (Å²) in [4.78, 5) is 34.5. The average molecular weight is 358 g/mol. The fraction of sp³-hybridized carbons (Fsp3) is 0.250. The summed E-state index contributed by atoms with van der Waals surface area (Å²) in [6.45, 7) is 3.60. The second-order valence-electron chi connectivity index (χ2n) is 5.35. The van der Waals surface area contributed by atoms with E-state index in [2.05, 4.69) is 25.7 Å². The number of amides is 2. The van der Waals surface area contributed by atoms with E-state index in [0.717, 1.165) is 4.90 Å². The molecule has 2 amide bonds. The summed E-state index contributed by atoms with van der Waals surface area (Å²) in [6.07, 6.45) is 2.45. The van der Waals surface area contributed by atoms with Gasteiger partial charge in [0.25, 0.3) is 11.3 Å². The van der Waals surface area contributed by atoms with Crippen molar-refractivity contribution in [1.29, 1.82) is 0 Å². The third-order valence-electron chi connectivity index (χ3n) is 3.58. The van der Waals surface area contributed by atoms with Crippen LogP contribution in [0, 0.1) is 6.92 Å². The molecule has 0 aliphatic heterocycles. The van der Waals surface area contributed by atoms with Crippen molar-refractivity contribution < 1.29 is 4.79 Å². The van der Waals surface area contributed by atoms with Gasteiger partial charge in [-0.25, -0.2) is 9.78 Å². The maximum absolute atomic E-state index is 12.6. The third-order valence-corrected chi connectivity index (χ3v) is 4.31. The molecule has 3 N–H and O–H groups in total. The second kappa shape index (κ2) is 6.98. The van der Waals surface area contributed by atoms with Gasteiger partial charge < -0.3 is 10.6 Å². The molecule has 25 heavy (non-hydrogen) atoms. The van der Waals surface area contributed by atoms with Crippen LogP contribution in [0.3, 0.4) is 0 Å². The topological polar surface area (TPSA) is 104 Å². The Morgan fingerprint density at radius 1 is 1.32 bits per heavy atom. The molecule has 0 aliphatic carbocycles. The van der Waals surface area contributed by atoms with E-state index in [1.165, 1.54) is 4.52 Å². The molecule has 8 nitrogen and oxygen atoms in total. The summed E-state index contributed by atoms with van der Waals surface area (Å²) in [5.74, 6) is 0.861. The number of nitrogens with one attached hydrogen (secondary N) is 3. The van der Waals surface area contributed by atoms with Crippen LogP contribution in [0.5, 0.6) is 0 Å². The number of hydrogen-bond donors (Lipinski definition) is 3. The molecule has 0 bridgehead atoms. The van der Waals surface area contributed by atoms with E-state index in [1.807, 2.05) is 31.4 Å². The summed E-state index contributed by atoms with van der Waals surface area (Å²) in [7, 11) is 0. The lowest BCUT2D eigenvalue weighted by Gasteiger charge is -2.10. The van der Waals surface area contributed by atoms with E-state index in [-0.39, 0.29) is 11.5 Å². The maximum Gasteiger partial charge on any atom is 0.323 e. The summed E-state index contributed by atoms with van der Waals surface area (Å²) in [5.41, 5.74) is 0.885. The van der Waals surface area contributed by atoms with Crippen LogP contribution < -0.4 is 16.2 Å². The van der Waals surface area contributed by atoms with Crippen LogP contribution in [-0.4, -0.2) is 31.9 Å². The number of fused-ring (bicyclic) bond motifs is 1. The summed E-state index contributed by atoms with van der Waals surface area (Å²) in [5, 5.41) is 8.16. The van der Waals surface area contributed by atoms with Gasteiger partial charge >= 0.3 is 6.03 Å². The Bertz CT molecular complexity index is 994. The first-order valence-corrected chi connectivity index (χ1v) is 8.94. The molecular weight excluding hydrogens is 340 g/mol. The van der Waals surface area contributed by atoms with Crippen LogP contribution in [-0.2, 0) is 6.42 Å². The Morgan fingerprint density at radius 2 is 2.12 bits per heavy atom. The molecular formula is C16H18N6O2S. The fourth-order valence-corrected chi connectivity index (χ4v) is 2.88. The van der Waals surface area contributed by atoms with Crippen molar-refractivity contribution in [2.75, 3.05) is 16.9 Å². The van der Waals surface area contributed by atoms with Crippen LogP contribution in [0.25, 0.3) is 5.78 Å². The number of hydrogen-bond acceptors (Lipinski definition) is 5. The van der Waals surface area contributed by atoms with E-state index < -0.39 is 11.6 Å². The molecule has 0 atom stereocenters. The molecule has 9 heteroatoms. The Kier molecular flexibility index (Phi) is 4.75. The Balaban J connectivity index is 1.89. The molecule has 0 saturated carbocycles. The first kappa shape index (κ1) is 17.0. The van der Waals surface area contributed by atoms with E-state index in [0.29, 0.717) is 23.6 Å². The van der Waals surface area contributed by atoms with Crippen molar-refractivity contribution in [1.82, 2.24) is 19.6 Å². The Morgan fingerprint density at radius 3 is 2.84 bits per heavy atom. The highest BCUT2D eigenvalue weighted by Gasteiger charge is 2.16. The molecule has 1 aromatic carbocycles. The van der Waals surface area contributed by atoms with Crippen LogP contribution in [0.4, 0.5) is 16.2 Å². The first-order valence-electron chi connectivity index (χ1n) is 7.72. The van der Waals surface area contributed by atoms with Gasteiger partial charge in [0, 0.05) is 10.6 Å². The van der Waals surface area contributed by atoms with Crippen molar-refractivity contribution in [3.8, 4) is 0 Å². The highest BCUT2D eigenvalue weighted by molar-refractivity contribution is 7.98. The Labute approximate surface area is 148 Å². The number of carbonyl (C=O) groups is 1. The molecule has 0 unspecified atom stereocenters. The monoisotopic (exact) mass is 358 g/mol. The molecule has 2 aromatic heterocycles. The van der Waals surface area contributed by atoms with Crippen LogP contribution in [0.1, 0.15) is 18.4 Å². The van der Waals surface area contributed by atoms with Crippen LogP contribution in [0.15, 0.2) is 34.0 Å². The predicted molar refractivity (Wildman–Crippen MR) is 98.6 cm³/mol. The molecule has 2 heterocycles. The number of carbonyl (C=O) groups excluding carboxylic acids is 1. The van der Waals surface area contributed by atoms with Gasteiger partial charge in [-0.2, -0.15) is 9.50 Å². The van der Waals surface area contributed by atoms with Gasteiger partial charge in [-0.15, -0.1) is 11.8 Å². The first-order chi connectivity index (χ1) is 12.0. The van der Waals surface area contributed by atoms with E-state index in [4.69, 9.17) is 0 Å². The minimum absolute atomic E-state index is 0.141. The molecule has 0 aliphatic rings. The Hall–Kier alpha value is -2.81. The fourth-order valence-electron chi connectivity index (χ4n) is 2.42. The minimum atomic E-state index is -0.497. The number of aromatic nitrogens is 4. The van der Waals surface area contributed by atoms with Gasteiger partial charge in [-0.1, -0.05) is 13.0 Å². The number of thioether (sulfide) groups is 1. The molecule has 0 fully saturated rings. The van der Waals surface area contributed by atoms with Gasteiger partial charge in [-0.3, -0.25) is 9.89 Å². The standard InChI is InChI=1S/C16H18N6O2S/c1-4-12-13(14(23)22-15(19-12)17-9(2)21-22)20-16(24)18-10-6-5-7-11(8-10)25-3/h5-8H,4H2,1-3H3,(H,17,19,21)(H2,18,20,24). The van der Waals surface area contributed by atoms with E-state index in [1.54, 1.807) is 24.8 Å². The third kappa shape index (κ3) is 3.50. The average Bonchev–Trinajstić information content (AvgIpc) is 2.98. The molecule has 130 valence electrons. The summed E-state index contributed by atoms with van der Waals surface area (Å²) in [6, 6.07) is 6.95. The largest absolute Gasteiger partial charge is 0.323 e. The van der Waals surface area contributed by atoms with Crippen molar-refractivity contribution in [3.05, 3.63) is 46.1 Å². The SMILES string of the molecule is CCc1nc2nc(C)[nH]n2c(=O)c1NC(=O)Nc1cccc(SC)c1. The molecule has 0 saturated heterocycles.